The zero-order valence-corrected chi connectivity index (χ0v) is 15.8. The minimum Gasteiger partial charge on any atom is -0.274 e. The van der Waals surface area contributed by atoms with E-state index in [1.807, 2.05) is 13.0 Å². The van der Waals surface area contributed by atoms with E-state index in [9.17, 15) is 4.79 Å². The topological polar surface area (TPSA) is 59.3 Å². The van der Waals surface area contributed by atoms with Gasteiger partial charge in [0, 0.05) is 13.2 Å². The van der Waals surface area contributed by atoms with Gasteiger partial charge >= 0.3 is 0 Å². The van der Waals surface area contributed by atoms with E-state index in [0.29, 0.717) is 16.1 Å². The molecule has 1 aromatic carbocycles. The predicted molar refractivity (Wildman–Crippen MR) is 101 cm³/mol. The third-order valence-corrected chi connectivity index (χ3v) is 4.01. The molecule has 0 saturated carbocycles. The number of hydrogen-bond acceptors (Lipinski definition) is 3. The van der Waals surface area contributed by atoms with Crippen molar-refractivity contribution in [3.63, 3.8) is 0 Å². The van der Waals surface area contributed by atoms with Gasteiger partial charge in [0.1, 0.15) is 0 Å². The van der Waals surface area contributed by atoms with Gasteiger partial charge in [-0.15, -0.1) is 0 Å². The Balaban J connectivity index is 1.98. The van der Waals surface area contributed by atoms with E-state index >= 15 is 0 Å². The number of hydrazone groups is 1. The SMILES string of the molecule is CC(/C=N/NC(=O)c1nn(C)cc1Br)=C\c1ccc(C(C)C)cc1. The molecule has 2 rings (SSSR count). The summed E-state index contributed by atoms with van der Waals surface area (Å²) < 4.78 is 2.20. The van der Waals surface area contributed by atoms with Crippen molar-refractivity contribution in [3.8, 4) is 0 Å². The van der Waals surface area contributed by atoms with Gasteiger partial charge in [-0.25, -0.2) is 5.43 Å². The highest BCUT2D eigenvalue weighted by Gasteiger charge is 2.13. The zero-order chi connectivity index (χ0) is 17.7. The first-order valence-corrected chi connectivity index (χ1v) is 8.47. The van der Waals surface area contributed by atoms with E-state index in [1.165, 1.54) is 5.56 Å². The van der Waals surface area contributed by atoms with E-state index < -0.39 is 0 Å². The summed E-state index contributed by atoms with van der Waals surface area (Å²) >= 11 is 3.29. The highest BCUT2D eigenvalue weighted by Crippen LogP contribution is 2.16. The largest absolute Gasteiger partial charge is 0.293 e. The number of allylic oxidation sites excluding steroid dienone is 1. The van der Waals surface area contributed by atoms with Gasteiger partial charge in [-0.3, -0.25) is 9.48 Å². The summed E-state index contributed by atoms with van der Waals surface area (Å²) in [5.74, 6) is 0.166. The van der Waals surface area contributed by atoms with Crippen molar-refractivity contribution in [1.29, 1.82) is 0 Å². The number of halogens is 1. The number of nitrogens with zero attached hydrogens (tertiary/aromatic N) is 3. The lowest BCUT2D eigenvalue weighted by Gasteiger charge is -2.05. The number of aryl methyl sites for hydroxylation is 1. The molecule has 0 saturated heterocycles. The third-order valence-electron chi connectivity index (χ3n) is 3.43. The van der Waals surface area contributed by atoms with Crippen LogP contribution < -0.4 is 5.43 Å². The van der Waals surface area contributed by atoms with Gasteiger partial charge in [-0.1, -0.05) is 44.2 Å². The third kappa shape index (κ3) is 4.89. The average molecular weight is 389 g/mol. The van der Waals surface area contributed by atoms with E-state index in [4.69, 9.17) is 0 Å². The molecule has 24 heavy (non-hydrogen) atoms. The second-order valence-electron chi connectivity index (χ2n) is 5.91. The quantitative estimate of drug-likeness (QED) is 0.618. The van der Waals surface area contributed by atoms with Crippen molar-refractivity contribution in [2.24, 2.45) is 12.1 Å². The first-order chi connectivity index (χ1) is 11.4. The van der Waals surface area contributed by atoms with Crippen molar-refractivity contribution in [3.05, 3.63) is 57.3 Å². The number of aromatic nitrogens is 2. The lowest BCUT2D eigenvalue weighted by atomic mass is 10.0. The summed E-state index contributed by atoms with van der Waals surface area (Å²) in [4.78, 5) is 12.0. The van der Waals surface area contributed by atoms with Crippen LogP contribution >= 0.6 is 15.9 Å². The van der Waals surface area contributed by atoms with Crippen LogP contribution in [0.5, 0.6) is 0 Å². The Morgan fingerprint density at radius 2 is 2.00 bits per heavy atom. The first-order valence-electron chi connectivity index (χ1n) is 7.67. The van der Waals surface area contributed by atoms with Gasteiger partial charge < -0.3 is 0 Å². The number of rotatable bonds is 5. The van der Waals surface area contributed by atoms with Gasteiger partial charge in [0.25, 0.3) is 5.91 Å². The fourth-order valence-electron chi connectivity index (χ4n) is 2.14. The molecule has 5 nitrogen and oxygen atoms in total. The lowest BCUT2D eigenvalue weighted by Crippen LogP contribution is -2.18. The van der Waals surface area contributed by atoms with Crippen LogP contribution in [0.1, 0.15) is 48.3 Å². The maximum atomic E-state index is 12.0. The number of amides is 1. The van der Waals surface area contributed by atoms with Crippen molar-refractivity contribution >= 4 is 34.1 Å². The Morgan fingerprint density at radius 3 is 2.54 bits per heavy atom. The molecule has 0 aliphatic heterocycles. The van der Waals surface area contributed by atoms with Crippen molar-refractivity contribution in [2.45, 2.75) is 26.7 Å². The Kier molecular flexibility index (Phi) is 6.09. The molecule has 0 aliphatic rings. The van der Waals surface area contributed by atoms with Crippen molar-refractivity contribution in [1.82, 2.24) is 15.2 Å². The minimum absolute atomic E-state index is 0.306. The van der Waals surface area contributed by atoms with Crippen LogP contribution in [0.3, 0.4) is 0 Å². The monoisotopic (exact) mass is 388 g/mol. The molecule has 1 amide bonds. The maximum absolute atomic E-state index is 12.0. The molecular formula is C18H21BrN4O. The molecule has 0 bridgehead atoms. The van der Waals surface area contributed by atoms with Gasteiger partial charge in [-0.2, -0.15) is 10.2 Å². The van der Waals surface area contributed by atoms with E-state index in [1.54, 1.807) is 24.1 Å². The molecule has 0 radical (unpaired) electrons. The standard InChI is InChI=1S/C18H21BrN4O/c1-12(2)15-7-5-14(6-8-15)9-13(3)10-20-21-18(24)17-16(19)11-23(4)22-17/h5-12H,1-4H3,(H,21,24)/b13-9+,20-10+. The van der Waals surface area contributed by atoms with E-state index in [2.05, 4.69) is 69.7 Å². The average Bonchev–Trinajstić information content (AvgIpc) is 2.86. The summed E-state index contributed by atoms with van der Waals surface area (Å²) in [5, 5.41) is 8.04. The van der Waals surface area contributed by atoms with Crippen LogP contribution in [0.15, 0.2) is 45.6 Å². The second-order valence-corrected chi connectivity index (χ2v) is 6.76. The Morgan fingerprint density at radius 1 is 1.33 bits per heavy atom. The van der Waals surface area contributed by atoms with Gasteiger partial charge in [0.15, 0.2) is 5.69 Å². The first kappa shape index (κ1) is 18.1. The molecule has 0 aliphatic carbocycles. The van der Waals surface area contributed by atoms with Crippen molar-refractivity contribution in [2.75, 3.05) is 0 Å². The molecule has 0 unspecified atom stereocenters. The molecule has 0 spiro atoms. The Bertz CT molecular complexity index is 773. The van der Waals surface area contributed by atoms with Crippen molar-refractivity contribution < 1.29 is 4.79 Å². The van der Waals surface area contributed by atoms with Gasteiger partial charge in [0.2, 0.25) is 0 Å². The van der Waals surface area contributed by atoms with Gasteiger partial charge in [0.05, 0.1) is 10.7 Å². The Hall–Kier alpha value is -2.21. The number of carbonyl (C=O) groups is 1. The van der Waals surface area contributed by atoms with Crippen LogP contribution in [-0.2, 0) is 7.05 Å². The summed E-state index contributed by atoms with van der Waals surface area (Å²) in [5.41, 5.74) is 6.13. The lowest BCUT2D eigenvalue weighted by molar-refractivity contribution is 0.0948. The summed E-state index contributed by atoms with van der Waals surface area (Å²) in [6, 6.07) is 8.41. The predicted octanol–water partition coefficient (Wildman–Crippen LogP) is 4.13. The van der Waals surface area contributed by atoms with Crippen LogP contribution in [0.2, 0.25) is 0 Å². The normalized spacial score (nSPS) is 12.2. The molecule has 2 aromatic rings. The van der Waals surface area contributed by atoms with Crippen LogP contribution in [-0.4, -0.2) is 21.9 Å². The molecule has 126 valence electrons. The fourth-order valence-corrected chi connectivity index (χ4v) is 2.69. The van der Waals surface area contributed by atoms with Gasteiger partial charge in [-0.05, 0) is 45.5 Å². The molecule has 0 atom stereocenters. The van der Waals surface area contributed by atoms with Crippen LogP contribution in [0, 0.1) is 0 Å². The summed E-state index contributed by atoms with van der Waals surface area (Å²) in [6.45, 7) is 6.28. The van der Waals surface area contributed by atoms with Crippen LogP contribution in [0.25, 0.3) is 6.08 Å². The fraction of sp³-hybridized carbons (Fsp3) is 0.278. The van der Waals surface area contributed by atoms with Crippen LogP contribution in [0.4, 0.5) is 0 Å². The van der Waals surface area contributed by atoms with E-state index in [-0.39, 0.29) is 5.91 Å². The number of nitrogens with one attached hydrogen (secondary N) is 1. The zero-order valence-electron chi connectivity index (χ0n) is 14.2. The smallest absolute Gasteiger partial charge is 0.274 e. The highest BCUT2D eigenvalue weighted by atomic mass is 79.9. The maximum Gasteiger partial charge on any atom is 0.293 e. The minimum atomic E-state index is -0.354. The Labute approximate surface area is 150 Å². The molecule has 1 heterocycles. The summed E-state index contributed by atoms with van der Waals surface area (Å²) in [6.07, 6.45) is 5.34. The molecule has 1 N–H and O–H groups in total. The molecular weight excluding hydrogens is 368 g/mol. The van der Waals surface area contributed by atoms with E-state index in [0.717, 1.165) is 11.1 Å². The second kappa shape index (κ2) is 8.06. The molecule has 1 aromatic heterocycles. The summed E-state index contributed by atoms with van der Waals surface area (Å²) in [7, 11) is 1.75. The number of carbonyl (C=O) groups excluding carboxylic acids is 1. The number of hydrogen-bond donors (Lipinski definition) is 1. The molecule has 6 heteroatoms. The number of benzene rings is 1. The highest BCUT2D eigenvalue weighted by molar-refractivity contribution is 9.10. The molecule has 0 fully saturated rings.